The second-order valence-electron chi connectivity index (χ2n) is 7.83. The molecular formula is C26H23ClFN3O2. The highest BCUT2D eigenvalue weighted by atomic mass is 35.5. The van der Waals surface area contributed by atoms with Crippen LogP contribution in [-0.4, -0.2) is 15.7 Å². The summed E-state index contributed by atoms with van der Waals surface area (Å²) < 4.78 is 21.3. The monoisotopic (exact) mass is 463 g/mol. The molecule has 0 aliphatic carbocycles. The Morgan fingerprint density at radius 3 is 2.70 bits per heavy atom. The minimum absolute atomic E-state index is 0.202. The molecule has 0 saturated heterocycles. The number of aromatic nitrogens is 2. The molecule has 1 aromatic heterocycles. The Morgan fingerprint density at radius 1 is 1.09 bits per heavy atom. The lowest BCUT2D eigenvalue weighted by Crippen LogP contribution is -2.13. The van der Waals surface area contributed by atoms with Gasteiger partial charge in [0.2, 0.25) is 0 Å². The molecule has 4 rings (SSSR count). The number of amides is 1. The lowest BCUT2D eigenvalue weighted by molar-refractivity contribution is 0.102. The number of carbonyl (C=O) groups excluding carboxylic acids is 1. The normalized spacial score (nSPS) is 10.8. The number of rotatable bonds is 7. The molecule has 0 fully saturated rings. The van der Waals surface area contributed by atoms with Crippen molar-refractivity contribution in [2.45, 2.75) is 27.0 Å². The SMILES string of the molecule is Cc1ccc(OCc2cccc(C(=O)Nc3nn(Cc4ccccc4F)cc3Cl)c2)c(C)c1. The van der Waals surface area contributed by atoms with Crippen LogP contribution in [0.15, 0.2) is 72.9 Å². The van der Waals surface area contributed by atoms with Crippen LogP contribution in [0, 0.1) is 19.7 Å². The standard InChI is InChI=1S/C26H23ClFN3O2/c1-17-10-11-24(18(2)12-17)33-16-19-6-5-8-20(13-19)26(32)29-25-22(27)15-31(30-25)14-21-7-3-4-9-23(21)28/h3-13,15H,14,16H2,1-2H3,(H,29,30,32). The fraction of sp³-hybridized carbons (Fsp3) is 0.154. The molecular weight excluding hydrogens is 441 g/mol. The minimum Gasteiger partial charge on any atom is -0.489 e. The number of anilines is 1. The van der Waals surface area contributed by atoms with Crippen molar-refractivity contribution in [1.29, 1.82) is 0 Å². The molecule has 0 spiro atoms. The number of nitrogens with one attached hydrogen (secondary N) is 1. The van der Waals surface area contributed by atoms with Gasteiger partial charge in [0, 0.05) is 17.3 Å². The largest absolute Gasteiger partial charge is 0.489 e. The van der Waals surface area contributed by atoms with E-state index in [-0.39, 0.29) is 29.1 Å². The van der Waals surface area contributed by atoms with Crippen molar-refractivity contribution >= 4 is 23.3 Å². The number of ether oxygens (including phenoxy) is 1. The van der Waals surface area contributed by atoms with Gasteiger partial charge in [0.05, 0.1) is 6.54 Å². The summed E-state index contributed by atoms with van der Waals surface area (Å²) in [6, 6.07) is 19.6. The molecule has 0 atom stereocenters. The number of carbonyl (C=O) groups is 1. The van der Waals surface area contributed by atoms with E-state index in [1.165, 1.54) is 16.3 Å². The summed E-state index contributed by atoms with van der Waals surface area (Å²) in [5.41, 5.74) is 4.03. The summed E-state index contributed by atoms with van der Waals surface area (Å²) in [6.07, 6.45) is 1.55. The van der Waals surface area contributed by atoms with Gasteiger partial charge in [0.1, 0.15) is 23.2 Å². The molecule has 0 bridgehead atoms. The van der Waals surface area contributed by atoms with Crippen LogP contribution in [0.4, 0.5) is 10.2 Å². The van der Waals surface area contributed by atoms with E-state index >= 15 is 0 Å². The molecule has 33 heavy (non-hydrogen) atoms. The van der Waals surface area contributed by atoms with Crippen LogP contribution in [0.5, 0.6) is 5.75 Å². The second kappa shape index (κ2) is 9.88. The molecule has 4 aromatic rings. The van der Waals surface area contributed by atoms with Crippen LogP contribution in [0.1, 0.15) is 32.6 Å². The number of benzene rings is 3. The Balaban J connectivity index is 1.42. The van der Waals surface area contributed by atoms with E-state index in [0.717, 1.165) is 16.9 Å². The lowest BCUT2D eigenvalue weighted by Gasteiger charge is -2.11. The fourth-order valence-electron chi connectivity index (χ4n) is 3.47. The molecule has 3 aromatic carbocycles. The van der Waals surface area contributed by atoms with Gasteiger partial charge in [0.25, 0.3) is 5.91 Å². The van der Waals surface area contributed by atoms with Crippen molar-refractivity contribution < 1.29 is 13.9 Å². The van der Waals surface area contributed by atoms with Crippen LogP contribution in [0.25, 0.3) is 0 Å². The van der Waals surface area contributed by atoms with E-state index in [9.17, 15) is 9.18 Å². The summed E-state index contributed by atoms with van der Waals surface area (Å²) in [6.45, 7) is 4.58. The van der Waals surface area contributed by atoms with Crippen LogP contribution >= 0.6 is 11.6 Å². The second-order valence-corrected chi connectivity index (χ2v) is 8.23. The maximum atomic E-state index is 13.9. The third kappa shape index (κ3) is 5.59. The Kier molecular flexibility index (Phi) is 6.75. The van der Waals surface area contributed by atoms with Crippen molar-refractivity contribution in [3.05, 3.63) is 112 Å². The van der Waals surface area contributed by atoms with E-state index in [0.29, 0.717) is 17.7 Å². The first-order valence-corrected chi connectivity index (χ1v) is 10.8. The third-order valence-electron chi connectivity index (χ3n) is 5.15. The van der Waals surface area contributed by atoms with Crippen molar-refractivity contribution in [2.24, 2.45) is 0 Å². The zero-order valence-corrected chi connectivity index (χ0v) is 19.1. The first-order valence-electron chi connectivity index (χ1n) is 10.5. The summed E-state index contributed by atoms with van der Waals surface area (Å²) in [7, 11) is 0. The molecule has 0 aliphatic rings. The summed E-state index contributed by atoms with van der Waals surface area (Å²) >= 11 is 6.25. The highest BCUT2D eigenvalue weighted by Gasteiger charge is 2.14. The summed E-state index contributed by atoms with van der Waals surface area (Å²) in [5.74, 6) is 0.355. The van der Waals surface area contributed by atoms with Crippen LogP contribution in [0.2, 0.25) is 5.02 Å². The fourth-order valence-corrected chi connectivity index (χ4v) is 3.67. The van der Waals surface area contributed by atoms with Gasteiger partial charge < -0.3 is 10.1 Å². The molecule has 0 saturated carbocycles. The first kappa shape index (κ1) is 22.6. The molecule has 1 amide bonds. The van der Waals surface area contributed by atoms with E-state index < -0.39 is 0 Å². The summed E-state index contributed by atoms with van der Waals surface area (Å²) in [4.78, 5) is 12.8. The lowest BCUT2D eigenvalue weighted by atomic mass is 10.1. The summed E-state index contributed by atoms with van der Waals surface area (Å²) in [5, 5.41) is 7.29. The predicted molar refractivity (Wildman–Crippen MR) is 127 cm³/mol. The quantitative estimate of drug-likeness (QED) is 0.356. The zero-order chi connectivity index (χ0) is 23.4. The molecule has 1 heterocycles. The highest BCUT2D eigenvalue weighted by molar-refractivity contribution is 6.33. The van der Waals surface area contributed by atoms with Gasteiger partial charge in [-0.15, -0.1) is 0 Å². The molecule has 0 radical (unpaired) electrons. The number of nitrogens with zero attached hydrogens (tertiary/aromatic N) is 2. The Morgan fingerprint density at radius 2 is 1.91 bits per heavy atom. The topological polar surface area (TPSA) is 56.1 Å². The highest BCUT2D eigenvalue weighted by Crippen LogP contribution is 2.23. The van der Waals surface area contributed by atoms with Gasteiger partial charge in [-0.25, -0.2) is 4.39 Å². The third-order valence-corrected chi connectivity index (χ3v) is 5.43. The van der Waals surface area contributed by atoms with Crippen molar-refractivity contribution in [3.8, 4) is 5.75 Å². The van der Waals surface area contributed by atoms with Crippen molar-refractivity contribution in [2.75, 3.05) is 5.32 Å². The molecule has 7 heteroatoms. The average molecular weight is 464 g/mol. The Bertz CT molecular complexity index is 1300. The smallest absolute Gasteiger partial charge is 0.256 e. The van der Waals surface area contributed by atoms with Crippen LogP contribution < -0.4 is 10.1 Å². The molecule has 0 unspecified atom stereocenters. The number of hydrogen-bond acceptors (Lipinski definition) is 3. The maximum Gasteiger partial charge on any atom is 0.256 e. The van der Waals surface area contributed by atoms with E-state index in [2.05, 4.69) is 16.5 Å². The van der Waals surface area contributed by atoms with E-state index in [4.69, 9.17) is 16.3 Å². The number of hydrogen-bond donors (Lipinski definition) is 1. The van der Waals surface area contributed by atoms with Gasteiger partial charge >= 0.3 is 0 Å². The first-order chi connectivity index (χ1) is 15.9. The van der Waals surface area contributed by atoms with Gasteiger partial charge in [-0.1, -0.05) is 59.6 Å². The average Bonchev–Trinajstić information content (AvgIpc) is 3.13. The van der Waals surface area contributed by atoms with Gasteiger partial charge in [-0.2, -0.15) is 5.10 Å². The van der Waals surface area contributed by atoms with Crippen LogP contribution in [-0.2, 0) is 13.2 Å². The Labute approximate surface area is 196 Å². The Hall–Kier alpha value is -3.64. The van der Waals surface area contributed by atoms with Gasteiger partial charge in [-0.05, 0) is 49.2 Å². The zero-order valence-electron chi connectivity index (χ0n) is 18.3. The van der Waals surface area contributed by atoms with Crippen LogP contribution in [0.3, 0.4) is 0 Å². The van der Waals surface area contributed by atoms with Gasteiger partial charge in [-0.3, -0.25) is 9.48 Å². The predicted octanol–water partition coefficient (Wildman–Crippen LogP) is 6.17. The van der Waals surface area contributed by atoms with E-state index in [1.54, 1.807) is 42.6 Å². The molecule has 168 valence electrons. The minimum atomic E-state index is -0.346. The number of halogens is 2. The van der Waals surface area contributed by atoms with Gasteiger partial charge in [0.15, 0.2) is 5.82 Å². The molecule has 0 aliphatic heterocycles. The maximum absolute atomic E-state index is 13.9. The number of aryl methyl sites for hydroxylation is 2. The van der Waals surface area contributed by atoms with Crippen molar-refractivity contribution in [3.63, 3.8) is 0 Å². The van der Waals surface area contributed by atoms with Crippen molar-refractivity contribution in [1.82, 2.24) is 9.78 Å². The van der Waals surface area contributed by atoms with E-state index in [1.807, 2.05) is 32.0 Å². The molecule has 5 nitrogen and oxygen atoms in total. The molecule has 1 N–H and O–H groups in total.